The molecular weight excluding hydrogens is 316 g/mol. The lowest BCUT2D eigenvalue weighted by molar-refractivity contribution is 0.100. The van der Waals surface area contributed by atoms with Crippen LogP contribution in [0.15, 0.2) is 36.7 Å². The first-order valence-corrected chi connectivity index (χ1v) is 8.63. The zero-order valence-electron chi connectivity index (χ0n) is 14.3. The Bertz CT molecular complexity index is 770. The molecule has 0 bridgehead atoms. The number of carbonyl (C=O) groups excluding carboxylic acids is 2. The largest absolute Gasteiger partial charge is 0.367 e. The van der Waals surface area contributed by atoms with Crippen LogP contribution < -0.4 is 10.6 Å². The highest BCUT2D eigenvalue weighted by molar-refractivity contribution is 6.04. The van der Waals surface area contributed by atoms with Gasteiger partial charge in [-0.3, -0.25) is 9.59 Å². The Morgan fingerprint density at radius 2 is 1.88 bits per heavy atom. The van der Waals surface area contributed by atoms with E-state index in [2.05, 4.69) is 20.6 Å². The van der Waals surface area contributed by atoms with Crippen molar-refractivity contribution >= 4 is 23.2 Å². The standard InChI is InChI=1S/C19H22N4O2/c1-13(24)14-6-5-9-16(10-14)23-19(25)17-11-18(21-12-20-17)22-15-7-3-2-4-8-15/h5-6,9-12,15H,2-4,7-8H2,1H3,(H,23,25)(H,20,21,22). The summed E-state index contributed by atoms with van der Waals surface area (Å²) in [7, 11) is 0. The van der Waals surface area contributed by atoms with Gasteiger partial charge in [-0.2, -0.15) is 0 Å². The minimum absolute atomic E-state index is 0.0443. The molecule has 1 aromatic heterocycles. The van der Waals surface area contributed by atoms with Crippen LogP contribution in [-0.2, 0) is 0 Å². The maximum atomic E-state index is 12.4. The number of amides is 1. The first-order chi connectivity index (χ1) is 12.1. The van der Waals surface area contributed by atoms with Gasteiger partial charge in [0.25, 0.3) is 5.91 Å². The van der Waals surface area contributed by atoms with E-state index in [4.69, 9.17) is 0 Å². The minimum atomic E-state index is -0.324. The molecule has 1 fully saturated rings. The summed E-state index contributed by atoms with van der Waals surface area (Å²) in [5.41, 5.74) is 1.42. The summed E-state index contributed by atoms with van der Waals surface area (Å²) < 4.78 is 0. The number of nitrogens with one attached hydrogen (secondary N) is 2. The lowest BCUT2D eigenvalue weighted by atomic mass is 9.95. The normalized spacial score (nSPS) is 14.8. The van der Waals surface area contributed by atoms with E-state index in [1.165, 1.54) is 32.5 Å². The lowest BCUT2D eigenvalue weighted by Crippen LogP contribution is -2.23. The Labute approximate surface area is 147 Å². The van der Waals surface area contributed by atoms with Crippen LogP contribution in [-0.4, -0.2) is 27.7 Å². The third-order valence-electron chi connectivity index (χ3n) is 4.38. The van der Waals surface area contributed by atoms with Gasteiger partial charge in [0, 0.05) is 23.4 Å². The zero-order valence-corrected chi connectivity index (χ0v) is 14.3. The van der Waals surface area contributed by atoms with E-state index in [0.29, 0.717) is 28.8 Å². The zero-order chi connectivity index (χ0) is 17.6. The highest BCUT2D eigenvalue weighted by atomic mass is 16.2. The highest BCUT2D eigenvalue weighted by Crippen LogP contribution is 2.21. The van der Waals surface area contributed by atoms with Crippen LogP contribution in [0, 0.1) is 0 Å². The molecule has 6 heteroatoms. The van der Waals surface area contributed by atoms with Crippen LogP contribution in [0.4, 0.5) is 11.5 Å². The molecule has 3 rings (SSSR count). The van der Waals surface area contributed by atoms with Crippen molar-refractivity contribution in [3.05, 3.63) is 47.9 Å². The summed E-state index contributed by atoms with van der Waals surface area (Å²) >= 11 is 0. The number of anilines is 2. The van der Waals surface area contributed by atoms with E-state index in [1.54, 1.807) is 30.3 Å². The van der Waals surface area contributed by atoms with Gasteiger partial charge < -0.3 is 10.6 Å². The molecule has 25 heavy (non-hydrogen) atoms. The van der Waals surface area contributed by atoms with Crippen molar-refractivity contribution in [2.45, 2.75) is 45.1 Å². The first kappa shape index (κ1) is 17.1. The second kappa shape index (κ2) is 7.88. The van der Waals surface area contributed by atoms with Crippen molar-refractivity contribution in [3.63, 3.8) is 0 Å². The predicted octanol–water partition coefficient (Wildman–Crippen LogP) is 3.68. The van der Waals surface area contributed by atoms with Gasteiger partial charge in [0.15, 0.2) is 5.78 Å². The van der Waals surface area contributed by atoms with E-state index >= 15 is 0 Å². The molecule has 0 saturated heterocycles. The molecule has 1 aromatic carbocycles. The number of carbonyl (C=O) groups is 2. The molecule has 0 atom stereocenters. The van der Waals surface area contributed by atoms with Crippen LogP contribution in [0.3, 0.4) is 0 Å². The second-order valence-corrected chi connectivity index (χ2v) is 6.36. The van der Waals surface area contributed by atoms with Crippen molar-refractivity contribution in [3.8, 4) is 0 Å². The van der Waals surface area contributed by atoms with Crippen LogP contribution >= 0.6 is 0 Å². The number of ketones is 1. The summed E-state index contributed by atoms with van der Waals surface area (Å²) in [4.78, 5) is 32.1. The van der Waals surface area contributed by atoms with Gasteiger partial charge >= 0.3 is 0 Å². The fraction of sp³-hybridized carbons (Fsp3) is 0.368. The molecular formula is C19H22N4O2. The van der Waals surface area contributed by atoms with Gasteiger partial charge in [-0.15, -0.1) is 0 Å². The monoisotopic (exact) mass is 338 g/mol. The molecule has 6 nitrogen and oxygen atoms in total. The number of aromatic nitrogens is 2. The molecule has 0 unspecified atom stereocenters. The van der Waals surface area contributed by atoms with Crippen LogP contribution in [0.5, 0.6) is 0 Å². The maximum absolute atomic E-state index is 12.4. The van der Waals surface area contributed by atoms with Crippen LogP contribution in [0.1, 0.15) is 59.9 Å². The van der Waals surface area contributed by atoms with Crippen molar-refractivity contribution in [2.75, 3.05) is 10.6 Å². The Hall–Kier alpha value is -2.76. The Kier molecular flexibility index (Phi) is 5.38. The van der Waals surface area contributed by atoms with E-state index in [0.717, 1.165) is 12.8 Å². The summed E-state index contributed by atoms with van der Waals surface area (Å²) in [5.74, 6) is 0.302. The van der Waals surface area contributed by atoms with Gasteiger partial charge in [-0.25, -0.2) is 9.97 Å². The molecule has 0 spiro atoms. The number of rotatable bonds is 5. The second-order valence-electron chi connectivity index (χ2n) is 6.36. The van der Waals surface area contributed by atoms with Gasteiger partial charge in [-0.1, -0.05) is 31.4 Å². The van der Waals surface area contributed by atoms with Gasteiger partial charge in [0.1, 0.15) is 17.8 Å². The Balaban J connectivity index is 1.68. The van der Waals surface area contributed by atoms with Gasteiger partial charge in [0.05, 0.1) is 0 Å². The molecule has 1 saturated carbocycles. The van der Waals surface area contributed by atoms with Crippen LogP contribution in [0.25, 0.3) is 0 Å². The third kappa shape index (κ3) is 4.62. The number of nitrogens with zero attached hydrogens (tertiary/aromatic N) is 2. The maximum Gasteiger partial charge on any atom is 0.274 e. The van der Waals surface area contributed by atoms with Crippen molar-refractivity contribution in [1.82, 2.24) is 9.97 Å². The highest BCUT2D eigenvalue weighted by Gasteiger charge is 2.15. The van der Waals surface area contributed by atoms with E-state index in [-0.39, 0.29) is 11.7 Å². The molecule has 1 aliphatic carbocycles. The first-order valence-electron chi connectivity index (χ1n) is 8.63. The quantitative estimate of drug-likeness (QED) is 0.813. The lowest BCUT2D eigenvalue weighted by Gasteiger charge is -2.23. The molecule has 2 aromatic rings. The fourth-order valence-corrected chi connectivity index (χ4v) is 3.03. The summed E-state index contributed by atoms with van der Waals surface area (Å²) in [6, 6.07) is 8.93. The number of hydrogen-bond donors (Lipinski definition) is 2. The van der Waals surface area contributed by atoms with Crippen molar-refractivity contribution in [2.24, 2.45) is 0 Å². The smallest absolute Gasteiger partial charge is 0.274 e. The molecule has 2 N–H and O–H groups in total. The summed E-state index contributed by atoms with van der Waals surface area (Å²) in [6.45, 7) is 1.49. The van der Waals surface area contributed by atoms with Crippen LogP contribution in [0.2, 0.25) is 0 Å². The third-order valence-corrected chi connectivity index (χ3v) is 4.38. The molecule has 1 amide bonds. The molecule has 130 valence electrons. The molecule has 1 aliphatic rings. The average molecular weight is 338 g/mol. The summed E-state index contributed by atoms with van der Waals surface area (Å²) in [6.07, 6.45) is 7.39. The average Bonchev–Trinajstić information content (AvgIpc) is 2.63. The predicted molar refractivity (Wildman–Crippen MR) is 96.9 cm³/mol. The van der Waals surface area contributed by atoms with Gasteiger partial charge in [0.2, 0.25) is 0 Å². The molecule has 0 radical (unpaired) electrons. The SMILES string of the molecule is CC(=O)c1cccc(NC(=O)c2cc(NC3CCCCC3)ncn2)c1. The van der Waals surface area contributed by atoms with Crippen molar-refractivity contribution in [1.29, 1.82) is 0 Å². The summed E-state index contributed by atoms with van der Waals surface area (Å²) in [5, 5.41) is 6.16. The number of benzene rings is 1. The Morgan fingerprint density at radius 3 is 2.64 bits per heavy atom. The molecule has 1 heterocycles. The fourth-order valence-electron chi connectivity index (χ4n) is 3.03. The minimum Gasteiger partial charge on any atom is -0.367 e. The molecule has 0 aliphatic heterocycles. The number of Topliss-reactive ketones (excluding diaryl/α,β-unsaturated/α-hetero) is 1. The van der Waals surface area contributed by atoms with Crippen molar-refractivity contribution < 1.29 is 9.59 Å². The van der Waals surface area contributed by atoms with Gasteiger partial charge in [-0.05, 0) is 31.9 Å². The van der Waals surface area contributed by atoms with E-state index in [9.17, 15) is 9.59 Å². The topological polar surface area (TPSA) is 84.0 Å². The van der Waals surface area contributed by atoms with E-state index in [1.807, 2.05) is 0 Å². The van der Waals surface area contributed by atoms with E-state index < -0.39 is 0 Å². The number of hydrogen-bond acceptors (Lipinski definition) is 5. The Morgan fingerprint density at radius 1 is 1.08 bits per heavy atom.